The fourth-order valence-electron chi connectivity index (χ4n) is 2.44. The maximum Gasteiger partial charge on any atom is 0.127 e. The normalized spacial score (nSPS) is 12.7. The van der Waals surface area contributed by atoms with Gasteiger partial charge < -0.3 is 20.1 Å². The lowest BCUT2D eigenvalue weighted by molar-refractivity contribution is 0.0556. The quantitative estimate of drug-likeness (QED) is 0.641. The highest BCUT2D eigenvalue weighted by atomic mass is 16.5. The van der Waals surface area contributed by atoms with E-state index in [2.05, 4.69) is 0 Å². The standard InChI is InChI=1S/C17H23NO4/c19-10-8-18(9-11-20)12-15(21)13-22-17-7-3-5-14-4-1-2-6-16(14)17/h1-7,15,19-21H,8-13H2/t15-/m0/s1. The molecule has 5 nitrogen and oxygen atoms in total. The first-order chi connectivity index (χ1) is 10.7. The van der Waals surface area contributed by atoms with Crippen molar-refractivity contribution in [3.63, 3.8) is 0 Å². The van der Waals surface area contributed by atoms with Crippen LogP contribution in [0.3, 0.4) is 0 Å². The molecule has 0 aliphatic carbocycles. The number of ether oxygens (including phenoxy) is 1. The Morgan fingerprint density at radius 1 is 0.955 bits per heavy atom. The molecule has 0 aromatic heterocycles. The van der Waals surface area contributed by atoms with Crippen LogP contribution in [-0.4, -0.2) is 65.8 Å². The van der Waals surface area contributed by atoms with Crippen molar-refractivity contribution in [2.45, 2.75) is 6.10 Å². The lowest BCUT2D eigenvalue weighted by atomic mass is 10.1. The molecular formula is C17H23NO4. The molecule has 0 heterocycles. The van der Waals surface area contributed by atoms with Crippen molar-refractivity contribution < 1.29 is 20.1 Å². The van der Waals surface area contributed by atoms with Crippen molar-refractivity contribution in [2.75, 3.05) is 39.5 Å². The average molecular weight is 305 g/mol. The second-order valence-corrected chi connectivity index (χ2v) is 5.19. The summed E-state index contributed by atoms with van der Waals surface area (Å²) in [7, 11) is 0. The van der Waals surface area contributed by atoms with Crippen LogP contribution >= 0.6 is 0 Å². The van der Waals surface area contributed by atoms with E-state index in [0.29, 0.717) is 19.6 Å². The second-order valence-electron chi connectivity index (χ2n) is 5.19. The number of benzene rings is 2. The number of nitrogens with zero attached hydrogens (tertiary/aromatic N) is 1. The third-order valence-electron chi connectivity index (χ3n) is 3.48. The summed E-state index contributed by atoms with van der Waals surface area (Å²) in [5, 5.41) is 30.1. The Hall–Kier alpha value is -1.66. The molecule has 0 amide bonds. The van der Waals surface area contributed by atoms with Gasteiger partial charge in [0.25, 0.3) is 0 Å². The summed E-state index contributed by atoms with van der Waals surface area (Å²) in [6, 6.07) is 13.8. The molecule has 0 saturated carbocycles. The van der Waals surface area contributed by atoms with Gasteiger partial charge >= 0.3 is 0 Å². The molecule has 120 valence electrons. The van der Waals surface area contributed by atoms with E-state index in [1.54, 1.807) is 4.90 Å². The monoisotopic (exact) mass is 305 g/mol. The molecule has 0 radical (unpaired) electrons. The maximum atomic E-state index is 10.1. The summed E-state index contributed by atoms with van der Waals surface area (Å²) in [6.45, 7) is 1.36. The van der Waals surface area contributed by atoms with Gasteiger partial charge in [-0.15, -0.1) is 0 Å². The second kappa shape index (κ2) is 8.70. The highest BCUT2D eigenvalue weighted by Crippen LogP contribution is 2.25. The van der Waals surface area contributed by atoms with E-state index in [9.17, 15) is 5.11 Å². The van der Waals surface area contributed by atoms with Crippen molar-refractivity contribution in [3.05, 3.63) is 42.5 Å². The Bertz CT molecular complexity index is 564. The van der Waals surface area contributed by atoms with Crippen LogP contribution in [0.1, 0.15) is 0 Å². The van der Waals surface area contributed by atoms with Gasteiger partial charge in [0.1, 0.15) is 18.5 Å². The zero-order valence-corrected chi connectivity index (χ0v) is 12.6. The SMILES string of the molecule is OCCN(CCO)C[C@H](O)COc1cccc2ccccc12. The topological polar surface area (TPSA) is 73.2 Å². The molecule has 0 aliphatic rings. The third-order valence-corrected chi connectivity index (χ3v) is 3.48. The number of aliphatic hydroxyl groups excluding tert-OH is 3. The molecule has 1 atom stereocenters. The van der Waals surface area contributed by atoms with Crippen LogP contribution in [0.25, 0.3) is 10.8 Å². The molecule has 5 heteroatoms. The lowest BCUT2D eigenvalue weighted by Gasteiger charge is -2.23. The largest absolute Gasteiger partial charge is 0.490 e. The van der Waals surface area contributed by atoms with Gasteiger partial charge in [0.2, 0.25) is 0 Å². The minimum Gasteiger partial charge on any atom is -0.490 e. The minimum atomic E-state index is -0.683. The zero-order valence-electron chi connectivity index (χ0n) is 12.6. The number of hydrogen-bond donors (Lipinski definition) is 3. The molecule has 0 saturated heterocycles. The average Bonchev–Trinajstić information content (AvgIpc) is 2.53. The lowest BCUT2D eigenvalue weighted by Crippen LogP contribution is -2.38. The molecule has 0 unspecified atom stereocenters. The van der Waals surface area contributed by atoms with Crippen molar-refractivity contribution in [1.29, 1.82) is 0 Å². The Balaban J connectivity index is 1.93. The molecule has 0 aliphatic heterocycles. The molecule has 2 aromatic rings. The molecule has 0 bridgehead atoms. The van der Waals surface area contributed by atoms with E-state index >= 15 is 0 Å². The van der Waals surface area contributed by atoms with Crippen molar-refractivity contribution in [3.8, 4) is 5.75 Å². The van der Waals surface area contributed by atoms with E-state index in [1.165, 1.54) is 0 Å². The van der Waals surface area contributed by atoms with Gasteiger partial charge in [-0.3, -0.25) is 4.90 Å². The first-order valence-corrected chi connectivity index (χ1v) is 7.47. The summed E-state index contributed by atoms with van der Waals surface area (Å²) >= 11 is 0. The molecule has 0 fully saturated rings. The van der Waals surface area contributed by atoms with Crippen molar-refractivity contribution in [1.82, 2.24) is 4.90 Å². The van der Waals surface area contributed by atoms with Crippen LogP contribution in [0, 0.1) is 0 Å². The molecular weight excluding hydrogens is 282 g/mol. The van der Waals surface area contributed by atoms with Gasteiger partial charge in [0, 0.05) is 25.0 Å². The fourth-order valence-corrected chi connectivity index (χ4v) is 2.44. The predicted molar refractivity (Wildman–Crippen MR) is 86.1 cm³/mol. The summed E-state index contributed by atoms with van der Waals surface area (Å²) in [6.07, 6.45) is -0.683. The zero-order chi connectivity index (χ0) is 15.8. The van der Waals surface area contributed by atoms with Crippen LogP contribution in [0.5, 0.6) is 5.75 Å². The molecule has 0 spiro atoms. The first-order valence-electron chi connectivity index (χ1n) is 7.47. The summed E-state index contributed by atoms with van der Waals surface area (Å²) in [5.74, 6) is 0.744. The maximum absolute atomic E-state index is 10.1. The number of fused-ring (bicyclic) bond motifs is 1. The Morgan fingerprint density at radius 3 is 2.36 bits per heavy atom. The predicted octanol–water partition coefficient (Wildman–Crippen LogP) is 0.866. The van der Waals surface area contributed by atoms with E-state index < -0.39 is 6.10 Å². The summed E-state index contributed by atoms with van der Waals surface area (Å²) < 4.78 is 5.74. The van der Waals surface area contributed by atoms with E-state index in [1.807, 2.05) is 42.5 Å². The Kier molecular flexibility index (Phi) is 6.61. The van der Waals surface area contributed by atoms with Gasteiger partial charge in [-0.1, -0.05) is 36.4 Å². The van der Waals surface area contributed by atoms with E-state index in [0.717, 1.165) is 16.5 Å². The van der Waals surface area contributed by atoms with Gasteiger partial charge in [0.05, 0.1) is 13.2 Å². The van der Waals surface area contributed by atoms with Crippen LogP contribution in [0.2, 0.25) is 0 Å². The van der Waals surface area contributed by atoms with Crippen LogP contribution in [0.15, 0.2) is 42.5 Å². The smallest absolute Gasteiger partial charge is 0.127 e. The highest BCUT2D eigenvalue weighted by Gasteiger charge is 2.12. The highest BCUT2D eigenvalue weighted by molar-refractivity contribution is 5.88. The Labute approximate surface area is 130 Å². The van der Waals surface area contributed by atoms with E-state index in [-0.39, 0.29) is 19.8 Å². The Morgan fingerprint density at radius 2 is 1.64 bits per heavy atom. The third kappa shape index (κ3) is 4.68. The van der Waals surface area contributed by atoms with Crippen LogP contribution < -0.4 is 4.74 Å². The molecule has 22 heavy (non-hydrogen) atoms. The first kappa shape index (κ1) is 16.7. The summed E-state index contributed by atoms with van der Waals surface area (Å²) in [5.41, 5.74) is 0. The van der Waals surface area contributed by atoms with Gasteiger partial charge in [0.15, 0.2) is 0 Å². The van der Waals surface area contributed by atoms with Gasteiger partial charge in [-0.25, -0.2) is 0 Å². The number of hydrogen-bond acceptors (Lipinski definition) is 5. The van der Waals surface area contributed by atoms with Gasteiger partial charge in [-0.05, 0) is 11.5 Å². The van der Waals surface area contributed by atoms with Gasteiger partial charge in [-0.2, -0.15) is 0 Å². The van der Waals surface area contributed by atoms with Crippen LogP contribution in [0.4, 0.5) is 0 Å². The molecule has 2 aromatic carbocycles. The fraction of sp³-hybridized carbons (Fsp3) is 0.412. The summed E-state index contributed by atoms with van der Waals surface area (Å²) in [4.78, 5) is 1.80. The molecule has 3 N–H and O–H groups in total. The number of aliphatic hydroxyl groups is 3. The van der Waals surface area contributed by atoms with Crippen LogP contribution in [-0.2, 0) is 0 Å². The van der Waals surface area contributed by atoms with E-state index in [4.69, 9.17) is 14.9 Å². The van der Waals surface area contributed by atoms with Crippen molar-refractivity contribution >= 4 is 10.8 Å². The number of rotatable bonds is 9. The minimum absolute atomic E-state index is 0.00308. The molecule has 2 rings (SSSR count). The van der Waals surface area contributed by atoms with Crippen molar-refractivity contribution in [2.24, 2.45) is 0 Å².